The highest BCUT2D eigenvalue weighted by atomic mass is 32.1. The Morgan fingerprint density at radius 3 is 2.67 bits per heavy atom. The summed E-state index contributed by atoms with van der Waals surface area (Å²) in [6.07, 6.45) is 0. The summed E-state index contributed by atoms with van der Waals surface area (Å²) in [4.78, 5) is 0. The highest BCUT2D eigenvalue weighted by molar-refractivity contribution is 7.22. The topological polar surface area (TPSA) is 52.0 Å². The summed E-state index contributed by atoms with van der Waals surface area (Å²) in [6, 6.07) is 4.74. The Morgan fingerprint density at radius 1 is 1.17 bits per heavy atom. The third-order valence-electron chi connectivity index (χ3n) is 1.61. The van der Waals surface area contributed by atoms with Crippen LogP contribution in [-0.2, 0) is 0 Å². The number of anilines is 2. The van der Waals surface area contributed by atoms with Crippen molar-refractivity contribution < 1.29 is 4.39 Å². The van der Waals surface area contributed by atoms with Crippen LogP contribution in [0, 0.1) is 5.82 Å². The molecular formula is C8H7FN2S. The Morgan fingerprint density at radius 2 is 1.92 bits per heavy atom. The van der Waals surface area contributed by atoms with E-state index in [1.165, 1.54) is 17.4 Å². The Hall–Kier alpha value is -1.29. The summed E-state index contributed by atoms with van der Waals surface area (Å²) in [5, 5.41) is 1.38. The predicted molar refractivity (Wildman–Crippen MR) is 50.6 cm³/mol. The first-order chi connectivity index (χ1) is 5.66. The van der Waals surface area contributed by atoms with Gasteiger partial charge >= 0.3 is 0 Å². The smallest absolute Gasteiger partial charge is 0.143 e. The molecule has 0 fully saturated rings. The lowest BCUT2D eigenvalue weighted by Crippen LogP contribution is -1.84. The minimum absolute atomic E-state index is 0.299. The maximum atomic E-state index is 13.1. The van der Waals surface area contributed by atoms with E-state index in [-0.39, 0.29) is 5.82 Å². The molecule has 4 heteroatoms. The standard InChI is InChI=1S/C8H7FN2S/c9-6-3-5(10)1-4-2-7(11)12-8(4)6/h1-3H,10-11H2. The highest BCUT2D eigenvalue weighted by Crippen LogP contribution is 2.31. The molecule has 4 N–H and O–H groups in total. The van der Waals surface area contributed by atoms with Crippen LogP contribution in [0.25, 0.3) is 10.1 Å². The van der Waals surface area contributed by atoms with Crippen LogP contribution in [-0.4, -0.2) is 0 Å². The number of hydrogen-bond donors (Lipinski definition) is 2. The van der Waals surface area contributed by atoms with Crippen LogP contribution in [0.3, 0.4) is 0 Å². The minimum Gasteiger partial charge on any atom is -0.399 e. The lowest BCUT2D eigenvalue weighted by atomic mass is 10.2. The molecule has 0 radical (unpaired) electrons. The monoisotopic (exact) mass is 182 g/mol. The van der Waals surface area contributed by atoms with Gasteiger partial charge in [0.15, 0.2) is 0 Å². The predicted octanol–water partition coefficient (Wildman–Crippen LogP) is 2.20. The van der Waals surface area contributed by atoms with Crippen molar-refractivity contribution in [2.75, 3.05) is 11.5 Å². The van der Waals surface area contributed by atoms with Crippen LogP contribution in [0.5, 0.6) is 0 Å². The van der Waals surface area contributed by atoms with E-state index in [4.69, 9.17) is 11.5 Å². The molecule has 0 unspecified atom stereocenters. The summed E-state index contributed by atoms with van der Waals surface area (Å²) < 4.78 is 13.7. The van der Waals surface area contributed by atoms with Crippen molar-refractivity contribution in [1.29, 1.82) is 0 Å². The van der Waals surface area contributed by atoms with Gasteiger partial charge in [-0.2, -0.15) is 0 Å². The van der Waals surface area contributed by atoms with Gasteiger partial charge in [0.25, 0.3) is 0 Å². The van der Waals surface area contributed by atoms with Gasteiger partial charge in [-0.05, 0) is 23.6 Å². The van der Waals surface area contributed by atoms with Crippen LogP contribution >= 0.6 is 11.3 Å². The van der Waals surface area contributed by atoms with Crippen molar-refractivity contribution in [3.05, 3.63) is 24.0 Å². The fraction of sp³-hybridized carbons (Fsp3) is 0. The lowest BCUT2D eigenvalue weighted by Gasteiger charge is -1.94. The first-order valence-corrected chi connectivity index (χ1v) is 4.22. The van der Waals surface area contributed by atoms with Gasteiger partial charge in [0, 0.05) is 5.69 Å². The molecule has 62 valence electrons. The van der Waals surface area contributed by atoms with Crippen LogP contribution < -0.4 is 11.5 Å². The van der Waals surface area contributed by atoms with E-state index in [1.54, 1.807) is 12.1 Å². The Labute approximate surface area is 72.6 Å². The van der Waals surface area contributed by atoms with E-state index in [2.05, 4.69) is 0 Å². The summed E-state index contributed by atoms with van der Waals surface area (Å²) in [5.41, 5.74) is 11.4. The SMILES string of the molecule is Nc1cc(F)c2sc(N)cc2c1. The van der Waals surface area contributed by atoms with Gasteiger partial charge in [0.2, 0.25) is 0 Å². The molecule has 1 aromatic heterocycles. The van der Waals surface area contributed by atoms with Gasteiger partial charge in [-0.3, -0.25) is 0 Å². The lowest BCUT2D eigenvalue weighted by molar-refractivity contribution is 0.642. The van der Waals surface area contributed by atoms with Crippen LogP contribution in [0.15, 0.2) is 18.2 Å². The molecule has 12 heavy (non-hydrogen) atoms. The zero-order valence-electron chi connectivity index (χ0n) is 6.17. The zero-order valence-corrected chi connectivity index (χ0v) is 6.99. The third-order valence-corrected chi connectivity index (χ3v) is 2.60. The molecule has 1 aromatic carbocycles. The molecule has 2 nitrogen and oxygen atoms in total. The summed E-state index contributed by atoms with van der Waals surface area (Å²) in [7, 11) is 0. The number of halogens is 1. The van der Waals surface area contributed by atoms with Crippen molar-refractivity contribution in [2.45, 2.75) is 0 Å². The van der Waals surface area contributed by atoms with E-state index in [1.807, 2.05) is 0 Å². The Kier molecular flexibility index (Phi) is 1.44. The highest BCUT2D eigenvalue weighted by Gasteiger charge is 2.05. The van der Waals surface area contributed by atoms with E-state index in [0.717, 1.165) is 5.39 Å². The molecule has 0 aliphatic rings. The number of thiophene rings is 1. The van der Waals surface area contributed by atoms with Gasteiger partial charge in [-0.25, -0.2) is 4.39 Å². The molecule has 1 heterocycles. The first kappa shape index (κ1) is 7.36. The Balaban J connectivity index is 2.88. The van der Waals surface area contributed by atoms with Crippen molar-refractivity contribution >= 4 is 32.1 Å². The quantitative estimate of drug-likeness (QED) is 0.614. The summed E-state index contributed by atoms with van der Waals surface area (Å²) in [6.45, 7) is 0. The summed E-state index contributed by atoms with van der Waals surface area (Å²) in [5.74, 6) is -0.299. The van der Waals surface area contributed by atoms with Gasteiger partial charge in [-0.1, -0.05) is 0 Å². The molecule has 0 atom stereocenters. The first-order valence-electron chi connectivity index (χ1n) is 3.41. The number of rotatable bonds is 0. The average molecular weight is 182 g/mol. The van der Waals surface area contributed by atoms with E-state index < -0.39 is 0 Å². The van der Waals surface area contributed by atoms with Crippen LogP contribution in [0.4, 0.5) is 15.1 Å². The molecule has 0 saturated carbocycles. The van der Waals surface area contributed by atoms with E-state index in [9.17, 15) is 4.39 Å². The second-order valence-corrected chi connectivity index (χ2v) is 3.65. The number of nitrogen functional groups attached to an aromatic ring is 2. The largest absolute Gasteiger partial charge is 0.399 e. The molecule has 0 spiro atoms. The Bertz CT molecular complexity index is 436. The molecular weight excluding hydrogens is 175 g/mol. The number of benzene rings is 1. The van der Waals surface area contributed by atoms with Gasteiger partial charge in [0.05, 0.1) is 9.70 Å². The molecule has 0 saturated heterocycles. The van der Waals surface area contributed by atoms with Crippen LogP contribution in [0.1, 0.15) is 0 Å². The molecule has 0 amide bonds. The number of nitrogens with two attached hydrogens (primary N) is 2. The van der Waals surface area contributed by atoms with Crippen molar-refractivity contribution in [3.63, 3.8) is 0 Å². The maximum absolute atomic E-state index is 13.1. The molecule has 0 bridgehead atoms. The fourth-order valence-electron chi connectivity index (χ4n) is 1.15. The van der Waals surface area contributed by atoms with Crippen molar-refractivity contribution in [1.82, 2.24) is 0 Å². The normalized spacial score (nSPS) is 10.8. The van der Waals surface area contributed by atoms with E-state index in [0.29, 0.717) is 15.4 Å². The molecule has 0 aliphatic carbocycles. The van der Waals surface area contributed by atoms with E-state index >= 15 is 0 Å². The average Bonchev–Trinajstić information content (AvgIpc) is 2.29. The fourth-order valence-corrected chi connectivity index (χ4v) is 1.97. The summed E-state index contributed by atoms with van der Waals surface area (Å²) >= 11 is 1.23. The van der Waals surface area contributed by atoms with Gasteiger partial charge < -0.3 is 11.5 Å². The number of hydrogen-bond acceptors (Lipinski definition) is 3. The van der Waals surface area contributed by atoms with Gasteiger partial charge in [0.1, 0.15) is 5.82 Å². The third kappa shape index (κ3) is 1.00. The second-order valence-electron chi connectivity index (χ2n) is 2.57. The minimum atomic E-state index is -0.299. The molecule has 2 rings (SSSR count). The number of fused-ring (bicyclic) bond motifs is 1. The second kappa shape index (κ2) is 2.35. The van der Waals surface area contributed by atoms with Crippen molar-refractivity contribution in [2.24, 2.45) is 0 Å². The van der Waals surface area contributed by atoms with Gasteiger partial charge in [-0.15, -0.1) is 11.3 Å². The van der Waals surface area contributed by atoms with Crippen LogP contribution in [0.2, 0.25) is 0 Å². The van der Waals surface area contributed by atoms with Crippen molar-refractivity contribution in [3.8, 4) is 0 Å². The zero-order chi connectivity index (χ0) is 8.72. The molecule has 0 aliphatic heterocycles. The molecule has 2 aromatic rings. The maximum Gasteiger partial charge on any atom is 0.143 e.